The predicted octanol–water partition coefficient (Wildman–Crippen LogP) is 0.441. The van der Waals surface area contributed by atoms with Gasteiger partial charge in [0, 0.05) is 12.1 Å². The molecule has 0 saturated heterocycles. The third kappa shape index (κ3) is 4.07. The van der Waals surface area contributed by atoms with E-state index in [0.29, 0.717) is 0 Å². The quantitative estimate of drug-likeness (QED) is 0.605. The first kappa shape index (κ1) is 11.0. The minimum absolute atomic E-state index is 0.256. The Balaban J connectivity index is 2.06. The Bertz CT molecular complexity index is 137. The van der Waals surface area contributed by atoms with Crippen molar-refractivity contribution in [1.82, 2.24) is 10.2 Å². The van der Waals surface area contributed by atoms with Gasteiger partial charge >= 0.3 is 0 Å². The van der Waals surface area contributed by atoms with E-state index in [9.17, 15) is 0 Å². The van der Waals surface area contributed by atoms with E-state index >= 15 is 0 Å². The van der Waals surface area contributed by atoms with Crippen molar-refractivity contribution in [3.63, 3.8) is 0 Å². The van der Waals surface area contributed by atoms with Gasteiger partial charge in [0.2, 0.25) is 0 Å². The molecule has 0 bridgehead atoms. The van der Waals surface area contributed by atoms with Crippen molar-refractivity contribution in [2.24, 2.45) is 0 Å². The molecule has 1 fully saturated rings. The highest BCUT2D eigenvalue weighted by Crippen LogP contribution is 2.25. The van der Waals surface area contributed by atoms with E-state index in [2.05, 4.69) is 24.2 Å². The van der Waals surface area contributed by atoms with Crippen LogP contribution in [-0.4, -0.2) is 48.8 Å². The first-order valence-corrected chi connectivity index (χ1v) is 5.32. The monoisotopic (exact) mass is 186 g/mol. The second-order valence-electron chi connectivity index (χ2n) is 3.94. The fourth-order valence-corrected chi connectivity index (χ4v) is 1.60. The SMILES string of the molecule is CCNC(CO)CCN(C)C1CC1. The normalized spacial score (nSPS) is 19.4. The molecule has 1 aliphatic carbocycles. The van der Waals surface area contributed by atoms with E-state index in [-0.39, 0.29) is 12.6 Å². The third-order valence-corrected chi connectivity index (χ3v) is 2.71. The lowest BCUT2D eigenvalue weighted by Gasteiger charge is -2.20. The van der Waals surface area contributed by atoms with Gasteiger partial charge in [-0.05, 0) is 39.4 Å². The summed E-state index contributed by atoms with van der Waals surface area (Å²) in [7, 11) is 2.18. The number of likely N-dealkylation sites (N-methyl/N-ethyl adjacent to an activating group) is 1. The largest absolute Gasteiger partial charge is 0.395 e. The minimum atomic E-state index is 0.256. The topological polar surface area (TPSA) is 35.5 Å². The maximum atomic E-state index is 9.04. The van der Waals surface area contributed by atoms with Crippen molar-refractivity contribution in [3.8, 4) is 0 Å². The molecule has 0 amide bonds. The van der Waals surface area contributed by atoms with Crippen molar-refractivity contribution in [1.29, 1.82) is 0 Å². The maximum Gasteiger partial charge on any atom is 0.0585 e. The van der Waals surface area contributed by atoms with Crippen molar-refractivity contribution >= 4 is 0 Å². The number of rotatable bonds is 7. The van der Waals surface area contributed by atoms with E-state index < -0.39 is 0 Å². The van der Waals surface area contributed by atoms with E-state index in [1.54, 1.807) is 0 Å². The Morgan fingerprint density at radius 2 is 2.23 bits per heavy atom. The zero-order valence-electron chi connectivity index (χ0n) is 8.79. The second-order valence-corrected chi connectivity index (χ2v) is 3.94. The van der Waals surface area contributed by atoms with E-state index in [1.807, 2.05) is 0 Å². The molecule has 0 heterocycles. The van der Waals surface area contributed by atoms with Gasteiger partial charge in [-0.1, -0.05) is 6.92 Å². The van der Waals surface area contributed by atoms with Crippen molar-refractivity contribution in [3.05, 3.63) is 0 Å². The van der Waals surface area contributed by atoms with Gasteiger partial charge in [0.05, 0.1) is 6.61 Å². The molecule has 1 saturated carbocycles. The van der Waals surface area contributed by atoms with E-state index in [1.165, 1.54) is 12.8 Å². The molecule has 1 aliphatic rings. The van der Waals surface area contributed by atoms with Gasteiger partial charge < -0.3 is 15.3 Å². The summed E-state index contributed by atoms with van der Waals surface area (Å²) in [6, 6.07) is 1.12. The number of aliphatic hydroxyl groups is 1. The summed E-state index contributed by atoms with van der Waals surface area (Å²) in [5.74, 6) is 0. The standard InChI is InChI=1S/C10H22N2O/c1-3-11-9(8-13)6-7-12(2)10-4-5-10/h9-11,13H,3-8H2,1-2H3. The van der Waals surface area contributed by atoms with Crippen LogP contribution in [-0.2, 0) is 0 Å². The average Bonchev–Trinajstić information content (AvgIpc) is 2.94. The van der Waals surface area contributed by atoms with Crippen LogP contribution in [0.4, 0.5) is 0 Å². The van der Waals surface area contributed by atoms with Crippen LogP contribution >= 0.6 is 0 Å². The fourth-order valence-electron chi connectivity index (χ4n) is 1.60. The van der Waals surface area contributed by atoms with Crippen molar-refractivity contribution in [2.45, 2.75) is 38.3 Å². The van der Waals surface area contributed by atoms with Crippen LogP contribution in [0.2, 0.25) is 0 Å². The highest BCUT2D eigenvalue weighted by molar-refractivity contribution is 4.83. The molecule has 0 aliphatic heterocycles. The molecule has 0 aromatic rings. The van der Waals surface area contributed by atoms with Gasteiger partial charge in [-0.2, -0.15) is 0 Å². The van der Waals surface area contributed by atoms with E-state index in [0.717, 1.165) is 25.6 Å². The van der Waals surface area contributed by atoms with Crippen LogP contribution in [0.25, 0.3) is 0 Å². The lowest BCUT2D eigenvalue weighted by atomic mass is 10.2. The van der Waals surface area contributed by atoms with Crippen LogP contribution < -0.4 is 5.32 Å². The maximum absolute atomic E-state index is 9.04. The summed E-state index contributed by atoms with van der Waals surface area (Å²) in [6.07, 6.45) is 3.78. The number of nitrogens with zero attached hydrogens (tertiary/aromatic N) is 1. The number of hydrogen-bond donors (Lipinski definition) is 2. The Kier molecular flexibility index (Phi) is 4.70. The van der Waals surface area contributed by atoms with Crippen molar-refractivity contribution < 1.29 is 5.11 Å². The zero-order chi connectivity index (χ0) is 9.68. The molecule has 0 spiro atoms. The molecule has 1 unspecified atom stereocenters. The fraction of sp³-hybridized carbons (Fsp3) is 1.00. The Morgan fingerprint density at radius 1 is 1.54 bits per heavy atom. The summed E-state index contributed by atoms with van der Waals surface area (Å²) in [5, 5.41) is 12.3. The van der Waals surface area contributed by atoms with Crippen LogP contribution in [0.3, 0.4) is 0 Å². The Hall–Kier alpha value is -0.120. The van der Waals surface area contributed by atoms with Crippen molar-refractivity contribution in [2.75, 3.05) is 26.7 Å². The van der Waals surface area contributed by atoms with Crippen LogP contribution in [0.15, 0.2) is 0 Å². The smallest absolute Gasteiger partial charge is 0.0585 e. The highest BCUT2D eigenvalue weighted by atomic mass is 16.3. The minimum Gasteiger partial charge on any atom is -0.395 e. The van der Waals surface area contributed by atoms with Gasteiger partial charge in [-0.15, -0.1) is 0 Å². The molecule has 1 atom stereocenters. The van der Waals surface area contributed by atoms with Gasteiger partial charge in [0.15, 0.2) is 0 Å². The summed E-state index contributed by atoms with van der Waals surface area (Å²) >= 11 is 0. The highest BCUT2D eigenvalue weighted by Gasteiger charge is 2.25. The van der Waals surface area contributed by atoms with Gasteiger partial charge in [0.25, 0.3) is 0 Å². The molecule has 3 nitrogen and oxygen atoms in total. The van der Waals surface area contributed by atoms with Gasteiger partial charge in [0.1, 0.15) is 0 Å². The van der Waals surface area contributed by atoms with Crippen LogP contribution in [0, 0.1) is 0 Å². The summed E-state index contributed by atoms with van der Waals surface area (Å²) in [4.78, 5) is 2.40. The predicted molar refractivity (Wildman–Crippen MR) is 54.8 cm³/mol. The molecular weight excluding hydrogens is 164 g/mol. The lowest BCUT2D eigenvalue weighted by molar-refractivity contribution is 0.217. The summed E-state index contributed by atoms with van der Waals surface area (Å²) < 4.78 is 0. The lowest BCUT2D eigenvalue weighted by Crippen LogP contribution is -2.36. The number of nitrogens with one attached hydrogen (secondary N) is 1. The number of hydrogen-bond acceptors (Lipinski definition) is 3. The second kappa shape index (κ2) is 5.58. The molecule has 0 radical (unpaired) electrons. The van der Waals surface area contributed by atoms with Crippen LogP contribution in [0.5, 0.6) is 0 Å². The molecule has 0 aromatic heterocycles. The van der Waals surface area contributed by atoms with Crippen LogP contribution in [0.1, 0.15) is 26.2 Å². The molecule has 0 aromatic carbocycles. The zero-order valence-corrected chi connectivity index (χ0v) is 8.79. The van der Waals surface area contributed by atoms with Gasteiger partial charge in [-0.25, -0.2) is 0 Å². The van der Waals surface area contributed by atoms with E-state index in [4.69, 9.17) is 5.11 Å². The average molecular weight is 186 g/mol. The Morgan fingerprint density at radius 3 is 2.69 bits per heavy atom. The molecule has 78 valence electrons. The molecular formula is C10H22N2O. The molecule has 2 N–H and O–H groups in total. The molecule has 13 heavy (non-hydrogen) atoms. The molecule has 1 rings (SSSR count). The first-order valence-electron chi connectivity index (χ1n) is 5.32. The number of aliphatic hydroxyl groups excluding tert-OH is 1. The summed E-state index contributed by atoms with van der Waals surface area (Å²) in [5.41, 5.74) is 0. The third-order valence-electron chi connectivity index (χ3n) is 2.71. The Labute approximate surface area is 81.1 Å². The molecule has 3 heteroatoms. The first-order chi connectivity index (χ1) is 6.27. The summed E-state index contributed by atoms with van der Waals surface area (Å²) in [6.45, 7) is 4.38. The van der Waals surface area contributed by atoms with Gasteiger partial charge in [-0.3, -0.25) is 0 Å².